The van der Waals surface area contributed by atoms with Gasteiger partial charge in [0, 0.05) is 6.54 Å². The molecule has 0 saturated carbocycles. The first-order chi connectivity index (χ1) is 9.00. The summed E-state index contributed by atoms with van der Waals surface area (Å²) in [5.74, 6) is -1.54. The SMILES string of the molecule is Cc1ccc(N2CCOCC2C(N)=O)c(C(=O)O)c1. The average molecular weight is 264 g/mol. The van der Waals surface area contributed by atoms with Crippen LogP contribution in [0.3, 0.4) is 0 Å². The molecule has 1 heterocycles. The summed E-state index contributed by atoms with van der Waals surface area (Å²) in [7, 11) is 0. The molecule has 1 saturated heterocycles. The van der Waals surface area contributed by atoms with Gasteiger partial charge in [-0.1, -0.05) is 11.6 Å². The number of rotatable bonds is 3. The van der Waals surface area contributed by atoms with Crippen LogP contribution in [0.25, 0.3) is 0 Å². The molecule has 0 radical (unpaired) electrons. The second-order valence-corrected chi connectivity index (χ2v) is 4.51. The number of anilines is 1. The minimum Gasteiger partial charge on any atom is -0.478 e. The van der Waals surface area contributed by atoms with Crippen molar-refractivity contribution in [2.75, 3.05) is 24.7 Å². The van der Waals surface area contributed by atoms with E-state index in [1.807, 2.05) is 13.0 Å². The maximum atomic E-state index is 11.4. The molecule has 1 aliphatic heterocycles. The molecule has 19 heavy (non-hydrogen) atoms. The lowest BCUT2D eigenvalue weighted by Crippen LogP contribution is -2.53. The summed E-state index contributed by atoms with van der Waals surface area (Å²) in [6.45, 7) is 2.89. The maximum absolute atomic E-state index is 11.4. The third-order valence-corrected chi connectivity index (χ3v) is 3.15. The van der Waals surface area contributed by atoms with Crippen LogP contribution in [-0.4, -0.2) is 42.8 Å². The number of amides is 1. The predicted molar refractivity (Wildman–Crippen MR) is 69.3 cm³/mol. The van der Waals surface area contributed by atoms with Gasteiger partial charge in [-0.3, -0.25) is 4.79 Å². The first-order valence-electron chi connectivity index (χ1n) is 5.98. The lowest BCUT2D eigenvalue weighted by molar-refractivity contribution is -0.121. The highest BCUT2D eigenvalue weighted by atomic mass is 16.5. The Balaban J connectivity index is 2.44. The molecule has 0 aliphatic carbocycles. The average Bonchev–Trinajstić information content (AvgIpc) is 2.38. The zero-order valence-corrected chi connectivity index (χ0v) is 10.6. The number of hydrogen-bond acceptors (Lipinski definition) is 4. The molecule has 1 amide bonds. The van der Waals surface area contributed by atoms with Crippen LogP contribution in [0.4, 0.5) is 5.69 Å². The number of carboxylic acids is 1. The van der Waals surface area contributed by atoms with Gasteiger partial charge in [-0.05, 0) is 19.1 Å². The van der Waals surface area contributed by atoms with Crippen molar-refractivity contribution in [3.63, 3.8) is 0 Å². The summed E-state index contributed by atoms with van der Waals surface area (Å²) >= 11 is 0. The highest BCUT2D eigenvalue weighted by molar-refractivity contribution is 5.96. The number of aromatic carboxylic acids is 1. The number of carbonyl (C=O) groups excluding carboxylic acids is 1. The third-order valence-electron chi connectivity index (χ3n) is 3.15. The number of carbonyl (C=O) groups is 2. The Hall–Kier alpha value is -2.08. The quantitative estimate of drug-likeness (QED) is 0.823. The lowest BCUT2D eigenvalue weighted by Gasteiger charge is -2.36. The largest absolute Gasteiger partial charge is 0.478 e. The van der Waals surface area contributed by atoms with E-state index < -0.39 is 17.9 Å². The lowest BCUT2D eigenvalue weighted by atomic mass is 10.1. The van der Waals surface area contributed by atoms with Gasteiger partial charge in [0.15, 0.2) is 0 Å². The molecule has 1 aromatic rings. The van der Waals surface area contributed by atoms with Crippen molar-refractivity contribution in [3.8, 4) is 0 Å². The molecular formula is C13H16N2O4. The van der Waals surface area contributed by atoms with Crippen LogP contribution in [0.1, 0.15) is 15.9 Å². The predicted octanol–water partition coefficient (Wildman–Crippen LogP) is 0.384. The molecule has 2 rings (SSSR count). The summed E-state index contributed by atoms with van der Waals surface area (Å²) in [6, 6.07) is 4.48. The molecule has 6 heteroatoms. The first kappa shape index (κ1) is 13.4. The van der Waals surface area contributed by atoms with Crippen molar-refractivity contribution >= 4 is 17.6 Å². The minimum atomic E-state index is -1.02. The number of hydrogen-bond donors (Lipinski definition) is 2. The normalized spacial score (nSPS) is 19.2. The summed E-state index contributed by atoms with van der Waals surface area (Å²) in [5, 5.41) is 9.27. The summed E-state index contributed by atoms with van der Waals surface area (Å²) < 4.78 is 5.23. The van der Waals surface area contributed by atoms with Crippen molar-refractivity contribution in [1.29, 1.82) is 0 Å². The second kappa shape index (κ2) is 5.27. The Kier molecular flexibility index (Phi) is 3.71. The Labute approximate surface area is 110 Å². The molecule has 0 aromatic heterocycles. The van der Waals surface area contributed by atoms with E-state index in [1.165, 1.54) is 0 Å². The van der Waals surface area contributed by atoms with Gasteiger partial charge in [-0.25, -0.2) is 4.79 Å². The van der Waals surface area contributed by atoms with Crippen LogP contribution in [0.15, 0.2) is 18.2 Å². The fourth-order valence-corrected chi connectivity index (χ4v) is 2.20. The number of benzene rings is 1. The molecule has 1 aliphatic rings. The number of aryl methyl sites for hydroxylation is 1. The number of morpholine rings is 1. The van der Waals surface area contributed by atoms with E-state index in [4.69, 9.17) is 10.5 Å². The van der Waals surface area contributed by atoms with E-state index in [0.29, 0.717) is 18.8 Å². The molecule has 6 nitrogen and oxygen atoms in total. The third kappa shape index (κ3) is 2.68. The van der Waals surface area contributed by atoms with E-state index >= 15 is 0 Å². The first-order valence-corrected chi connectivity index (χ1v) is 5.98. The summed E-state index contributed by atoms with van der Waals surface area (Å²) in [5.41, 5.74) is 6.87. The van der Waals surface area contributed by atoms with Gasteiger partial charge >= 0.3 is 5.97 Å². The minimum absolute atomic E-state index is 0.174. The Morgan fingerprint density at radius 2 is 2.21 bits per heavy atom. The van der Waals surface area contributed by atoms with Gasteiger partial charge in [0.25, 0.3) is 0 Å². The van der Waals surface area contributed by atoms with Crippen molar-refractivity contribution in [2.24, 2.45) is 5.73 Å². The standard InChI is InChI=1S/C13H16N2O4/c1-8-2-3-10(9(6-8)13(17)18)15-4-5-19-7-11(15)12(14)16/h2-3,6,11H,4-5,7H2,1H3,(H2,14,16)(H,17,18). The Morgan fingerprint density at radius 1 is 1.47 bits per heavy atom. The molecule has 0 bridgehead atoms. The number of nitrogens with zero attached hydrogens (tertiary/aromatic N) is 1. The van der Waals surface area contributed by atoms with Gasteiger partial charge in [0.2, 0.25) is 5.91 Å². The van der Waals surface area contributed by atoms with Crippen molar-refractivity contribution in [2.45, 2.75) is 13.0 Å². The van der Waals surface area contributed by atoms with Gasteiger partial charge in [-0.15, -0.1) is 0 Å². The molecule has 1 unspecified atom stereocenters. The van der Waals surface area contributed by atoms with Gasteiger partial charge in [0.05, 0.1) is 24.5 Å². The van der Waals surface area contributed by atoms with Crippen LogP contribution in [0, 0.1) is 6.92 Å². The van der Waals surface area contributed by atoms with Gasteiger partial charge < -0.3 is 20.5 Å². The van der Waals surface area contributed by atoms with Gasteiger partial charge in [0.1, 0.15) is 6.04 Å². The zero-order chi connectivity index (χ0) is 14.0. The highest BCUT2D eigenvalue weighted by Crippen LogP contribution is 2.25. The molecular weight excluding hydrogens is 248 g/mol. The molecule has 1 aromatic carbocycles. The number of primary amides is 1. The second-order valence-electron chi connectivity index (χ2n) is 4.51. The van der Waals surface area contributed by atoms with Crippen molar-refractivity contribution < 1.29 is 19.4 Å². The van der Waals surface area contributed by atoms with Crippen LogP contribution < -0.4 is 10.6 Å². The van der Waals surface area contributed by atoms with E-state index in [0.717, 1.165) is 5.56 Å². The number of nitrogens with two attached hydrogens (primary N) is 1. The molecule has 1 fully saturated rings. The Bertz CT molecular complexity index is 515. The smallest absolute Gasteiger partial charge is 0.337 e. The van der Waals surface area contributed by atoms with Crippen LogP contribution in [-0.2, 0) is 9.53 Å². The van der Waals surface area contributed by atoms with E-state index in [-0.39, 0.29) is 12.2 Å². The topological polar surface area (TPSA) is 92.9 Å². The Morgan fingerprint density at radius 3 is 2.84 bits per heavy atom. The van der Waals surface area contributed by atoms with Crippen LogP contribution in [0.2, 0.25) is 0 Å². The van der Waals surface area contributed by atoms with E-state index in [1.54, 1.807) is 17.0 Å². The fraction of sp³-hybridized carbons (Fsp3) is 0.385. The van der Waals surface area contributed by atoms with Crippen LogP contribution >= 0.6 is 0 Å². The van der Waals surface area contributed by atoms with Crippen LogP contribution in [0.5, 0.6) is 0 Å². The molecule has 3 N–H and O–H groups in total. The zero-order valence-electron chi connectivity index (χ0n) is 10.6. The highest BCUT2D eigenvalue weighted by Gasteiger charge is 2.30. The monoisotopic (exact) mass is 264 g/mol. The van der Waals surface area contributed by atoms with Gasteiger partial charge in [-0.2, -0.15) is 0 Å². The fourth-order valence-electron chi connectivity index (χ4n) is 2.20. The summed E-state index contributed by atoms with van der Waals surface area (Å²) in [4.78, 5) is 24.5. The molecule has 0 spiro atoms. The molecule has 1 atom stereocenters. The van der Waals surface area contributed by atoms with E-state index in [2.05, 4.69) is 0 Å². The van der Waals surface area contributed by atoms with Crippen molar-refractivity contribution in [3.05, 3.63) is 29.3 Å². The number of carboxylic acid groups (broad SMARTS) is 1. The molecule has 102 valence electrons. The number of ether oxygens (including phenoxy) is 1. The van der Waals surface area contributed by atoms with E-state index in [9.17, 15) is 14.7 Å². The maximum Gasteiger partial charge on any atom is 0.337 e. The van der Waals surface area contributed by atoms with Crippen molar-refractivity contribution in [1.82, 2.24) is 0 Å². The summed E-state index contributed by atoms with van der Waals surface area (Å²) in [6.07, 6.45) is 0.